The van der Waals surface area contributed by atoms with E-state index < -0.39 is 21.7 Å². The molecular weight excluding hydrogens is 282 g/mol. The Labute approximate surface area is 120 Å². The highest BCUT2D eigenvalue weighted by molar-refractivity contribution is 7.91. The average molecular weight is 305 g/mol. The van der Waals surface area contributed by atoms with E-state index >= 15 is 0 Å². The van der Waals surface area contributed by atoms with Gasteiger partial charge in [-0.1, -0.05) is 6.92 Å². The topological polar surface area (TPSA) is 83.9 Å². The predicted molar refractivity (Wildman–Crippen MR) is 74.4 cm³/mol. The molecule has 0 aromatic rings. The lowest BCUT2D eigenvalue weighted by Gasteiger charge is -2.38. The summed E-state index contributed by atoms with van der Waals surface area (Å²) in [6, 6.07) is -0.270. The van der Waals surface area contributed by atoms with E-state index in [1.807, 2.05) is 6.92 Å². The monoisotopic (exact) mass is 305 g/mol. The number of hydrogen-bond acceptors (Lipinski definition) is 5. The molecule has 116 valence electrons. The van der Waals surface area contributed by atoms with Gasteiger partial charge in [-0.25, -0.2) is 8.42 Å². The highest BCUT2D eigenvalue weighted by Gasteiger charge is 2.41. The maximum absolute atomic E-state index is 11.8. The Morgan fingerprint density at radius 2 is 2.15 bits per heavy atom. The minimum absolute atomic E-state index is 0.0674. The van der Waals surface area contributed by atoms with E-state index in [-0.39, 0.29) is 30.2 Å². The van der Waals surface area contributed by atoms with Crippen molar-refractivity contribution in [3.63, 3.8) is 0 Å². The molecule has 1 N–H and O–H groups in total. The molecule has 0 radical (unpaired) electrons. The van der Waals surface area contributed by atoms with E-state index in [2.05, 4.69) is 4.90 Å². The first kappa shape index (κ1) is 15.7. The van der Waals surface area contributed by atoms with Crippen LogP contribution in [0.1, 0.15) is 26.2 Å². The van der Waals surface area contributed by atoms with E-state index in [0.29, 0.717) is 13.0 Å². The molecule has 0 aromatic carbocycles. The average Bonchev–Trinajstić information content (AvgIpc) is 2.83. The van der Waals surface area contributed by atoms with Gasteiger partial charge in [-0.2, -0.15) is 0 Å². The van der Waals surface area contributed by atoms with Crippen LogP contribution in [0.3, 0.4) is 0 Å². The molecule has 2 aliphatic rings. The minimum Gasteiger partial charge on any atom is -0.481 e. The van der Waals surface area contributed by atoms with Gasteiger partial charge in [-0.05, 0) is 25.8 Å². The van der Waals surface area contributed by atoms with E-state index in [4.69, 9.17) is 4.74 Å². The van der Waals surface area contributed by atoms with Crippen LogP contribution in [0.25, 0.3) is 0 Å². The van der Waals surface area contributed by atoms with Gasteiger partial charge in [0, 0.05) is 12.1 Å². The lowest BCUT2D eigenvalue weighted by atomic mass is 9.99. The molecule has 6 nitrogen and oxygen atoms in total. The first-order valence-electron chi connectivity index (χ1n) is 7.21. The van der Waals surface area contributed by atoms with Crippen LogP contribution in [0, 0.1) is 5.92 Å². The number of ether oxygens (including phenoxy) is 1. The molecule has 2 heterocycles. The van der Waals surface area contributed by atoms with E-state index in [1.165, 1.54) is 0 Å². The Morgan fingerprint density at radius 3 is 2.75 bits per heavy atom. The first-order chi connectivity index (χ1) is 9.44. The summed E-state index contributed by atoms with van der Waals surface area (Å²) in [6.07, 6.45) is 2.36. The molecule has 2 saturated heterocycles. The fourth-order valence-corrected chi connectivity index (χ4v) is 4.96. The Hall–Kier alpha value is -0.660. The van der Waals surface area contributed by atoms with Crippen molar-refractivity contribution in [1.29, 1.82) is 0 Å². The zero-order valence-corrected chi connectivity index (χ0v) is 12.6. The number of carbonyl (C=O) groups is 1. The largest absolute Gasteiger partial charge is 0.481 e. The number of rotatable bonds is 5. The number of nitrogens with zero attached hydrogens (tertiary/aromatic N) is 1. The molecule has 0 amide bonds. The summed E-state index contributed by atoms with van der Waals surface area (Å²) in [7, 11) is -2.99. The highest BCUT2D eigenvalue weighted by Crippen LogP contribution is 2.27. The quantitative estimate of drug-likeness (QED) is 0.790. The number of sulfone groups is 1. The van der Waals surface area contributed by atoms with Gasteiger partial charge < -0.3 is 9.84 Å². The second-order valence-corrected chi connectivity index (χ2v) is 7.93. The van der Waals surface area contributed by atoms with Crippen molar-refractivity contribution in [2.75, 3.05) is 31.3 Å². The number of carboxylic acid groups (broad SMARTS) is 1. The number of carboxylic acids is 1. The standard InChI is InChI=1S/C13H23NO5S/c1-2-5-14(10-4-3-6-20(17,18)9-10)12-8-19-7-11(12)13(15)16/h10-12H,2-9H2,1H3,(H,15,16). The fraction of sp³-hybridized carbons (Fsp3) is 0.923. The normalized spacial score (nSPS) is 33.4. The lowest BCUT2D eigenvalue weighted by Crippen LogP contribution is -2.52. The van der Waals surface area contributed by atoms with E-state index in [1.54, 1.807) is 0 Å². The van der Waals surface area contributed by atoms with Crippen molar-refractivity contribution in [2.45, 2.75) is 38.3 Å². The molecule has 0 aliphatic carbocycles. The van der Waals surface area contributed by atoms with Crippen LogP contribution in [0.2, 0.25) is 0 Å². The van der Waals surface area contributed by atoms with Gasteiger partial charge in [0.25, 0.3) is 0 Å². The second-order valence-electron chi connectivity index (χ2n) is 5.70. The lowest BCUT2D eigenvalue weighted by molar-refractivity contribution is -0.143. The minimum atomic E-state index is -2.99. The van der Waals surface area contributed by atoms with Gasteiger partial charge in [-0.15, -0.1) is 0 Å². The van der Waals surface area contributed by atoms with Gasteiger partial charge >= 0.3 is 5.97 Å². The summed E-state index contributed by atoms with van der Waals surface area (Å²) in [5.41, 5.74) is 0. The Morgan fingerprint density at radius 1 is 1.40 bits per heavy atom. The van der Waals surface area contributed by atoms with Crippen LogP contribution in [0.4, 0.5) is 0 Å². The summed E-state index contributed by atoms with van der Waals surface area (Å²) in [5, 5.41) is 9.28. The van der Waals surface area contributed by atoms with E-state index in [9.17, 15) is 18.3 Å². The molecule has 3 unspecified atom stereocenters. The molecule has 0 bridgehead atoms. The van der Waals surface area contributed by atoms with Crippen molar-refractivity contribution in [3.05, 3.63) is 0 Å². The molecule has 0 saturated carbocycles. The number of hydrogen-bond donors (Lipinski definition) is 1. The molecule has 20 heavy (non-hydrogen) atoms. The molecule has 7 heteroatoms. The Bertz CT molecular complexity index is 450. The van der Waals surface area contributed by atoms with Crippen LogP contribution >= 0.6 is 0 Å². The third-order valence-corrected chi connectivity index (χ3v) is 5.99. The third-order valence-electron chi connectivity index (χ3n) is 4.18. The summed E-state index contributed by atoms with van der Waals surface area (Å²) in [4.78, 5) is 13.4. The van der Waals surface area contributed by atoms with Crippen LogP contribution in [0.15, 0.2) is 0 Å². The fourth-order valence-electron chi connectivity index (χ4n) is 3.24. The van der Waals surface area contributed by atoms with Crippen LogP contribution in [-0.4, -0.2) is 67.7 Å². The maximum atomic E-state index is 11.8. The highest BCUT2D eigenvalue weighted by atomic mass is 32.2. The summed E-state index contributed by atoms with van der Waals surface area (Å²) >= 11 is 0. The van der Waals surface area contributed by atoms with Crippen molar-refractivity contribution in [3.8, 4) is 0 Å². The van der Waals surface area contributed by atoms with Crippen molar-refractivity contribution >= 4 is 15.8 Å². The third kappa shape index (κ3) is 3.51. The van der Waals surface area contributed by atoms with Crippen LogP contribution in [0.5, 0.6) is 0 Å². The SMILES string of the molecule is CCCN(C1CCCS(=O)(=O)C1)C1COCC1C(=O)O. The Balaban J connectivity index is 2.15. The van der Waals surface area contributed by atoms with Crippen molar-refractivity contribution < 1.29 is 23.1 Å². The van der Waals surface area contributed by atoms with Gasteiger partial charge in [0.05, 0.1) is 30.6 Å². The van der Waals surface area contributed by atoms with Crippen molar-refractivity contribution in [2.24, 2.45) is 5.92 Å². The molecule has 3 atom stereocenters. The molecule has 2 fully saturated rings. The van der Waals surface area contributed by atoms with Gasteiger partial charge in [-0.3, -0.25) is 9.69 Å². The predicted octanol–water partition coefficient (Wildman–Crippen LogP) is 0.375. The zero-order valence-electron chi connectivity index (χ0n) is 11.8. The first-order valence-corrected chi connectivity index (χ1v) is 9.03. The molecule has 0 aromatic heterocycles. The van der Waals surface area contributed by atoms with Gasteiger partial charge in [0.2, 0.25) is 0 Å². The maximum Gasteiger partial charge on any atom is 0.310 e. The Kier molecular flexibility index (Phi) is 5.04. The summed E-state index contributed by atoms with van der Waals surface area (Å²) in [6.45, 7) is 3.35. The van der Waals surface area contributed by atoms with Crippen molar-refractivity contribution in [1.82, 2.24) is 4.90 Å². The van der Waals surface area contributed by atoms with Gasteiger partial charge in [0.15, 0.2) is 9.84 Å². The number of aliphatic carboxylic acids is 1. The summed E-state index contributed by atoms with van der Waals surface area (Å²) in [5.74, 6) is -0.999. The summed E-state index contributed by atoms with van der Waals surface area (Å²) < 4.78 is 29.0. The zero-order chi connectivity index (χ0) is 14.8. The second kappa shape index (κ2) is 6.41. The van der Waals surface area contributed by atoms with E-state index in [0.717, 1.165) is 19.4 Å². The molecular formula is C13H23NO5S. The smallest absolute Gasteiger partial charge is 0.310 e. The van der Waals surface area contributed by atoms with Crippen LogP contribution in [-0.2, 0) is 19.4 Å². The molecule has 0 spiro atoms. The molecule has 2 aliphatic heterocycles. The molecule has 2 rings (SSSR count). The van der Waals surface area contributed by atoms with Crippen LogP contribution < -0.4 is 0 Å². The van der Waals surface area contributed by atoms with Gasteiger partial charge in [0.1, 0.15) is 0 Å².